The highest BCUT2D eigenvalue weighted by molar-refractivity contribution is 6.31. The van der Waals surface area contributed by atoms with E-state index >= 15 is 0 Å². The van der Waals surface area contributed by atoms with Gasteiger partial charge in [-0.25, -0.2) is 13.8 Å². The van der Waals surface area contributed by atoms with Crippen LogP contribution in [-0.4, -0.2) is 92.1 Å². The number of aromatic hydroxyl groups is 1. The molecule has 2 saturated carbocycles. The molecule has 1 saturated heterocycles. The number of nitrogens with zero attached hydrogens (tertiary/aromatic N) is 8. The number of hydrogen-bond donors (Lipinski definition) is 3. The Morgan fingerprint density at radius 1 is 0.971 bits per heavy atom. The molecule has 10 rings (SSSR count). The minimum Gasteiger partial charge on any atom is -0.508 e. The largest absolute Gasteiger partial charge is 0.508 e. The lowest BCUT2D eigenvalue weighted by atomic mass is 9.51. The summed E-state index contributed by atoms with van der Waals surface area (Å²) in [5.74, 6) is 1.43. The summed E-state index contributed by atoms with van der Waals surface area (Å²) >= 11 is 5.55. The van der Waals surface area contributed by atoms with Crippen LogP contribution in [0.5, 0.6) is 5.75 Å². The molecule has 3 N–H and O–H groups in total. The second-order valence-electron chi connectivity index (χ2n) is 21.9. The molecule has 13 nitrogen and oxygen atoms in total. The molecule has 3 fully saturated rings. The van der Waals surface area contributed by atoms with E-state index in [2.05, 4.69) is 54.0 Å². The van der Waals surface area contributed by atoms with Gasteiger partial charge in [0.2, 0.25) is 5.91 Å². The third-order valence-corrected chi connectivity index (χ3v) is 16.4. The topological polar surface area (TPSA) is 158 Å². The summed E-state index contributed by atoms with van der Waals surface area (Å²) in [6.07, 6.45) is 10.5. The molecule has 1 spiro atoms. The lowest BCUT2D eigenvalue weighted by Crippen LogP contribution is -2.63. The van der Waals surface area contributed by atoms with Gasteiger partial charge in [-0.2, -0.15) is 10.4 Å². The van der Waals surface area contributed by atoms with Gasteiger partial charge in [-0.05, 0) is 128 Å². The quantitative estimate of drug-likeness (QED) is 0.121. The maximum atomic E-state index is 14.6. The summed E-state index contributed by atoms with van der Waals surface area (Å²) in [6, 6.07) is 14.1. The number of aromatic nitrogens is 3. The predicted octanol–water partition coefficient (Wildman–Crippen LogP) is 10.2. The molecule has 2 aliphatic carbocycles. The average Bonchev–Trinajstić information content (AvgIpc) is 3.90. The highest BCUT2D eigenvalue weighted by Crippen LogP contribution is 2.57. The molecule has 0 atom stereocenters. The molecule has 70 heavy (non-hydrogen) atoms. The summed E-state index contributed by atoms with van der Waals surface area (Å²) in [7, 11) is 1.78. The van der Waals surface area contributed by atoms with Crippen LogP contribution < -0.4 is 15.1 Å². The van der Waals surface area contributed by atoms with Crippen molar-refractivity contribution in [3.05, 3.63) is 99.1 Å². The van der Waals surface area contributed by atoms with Crippen molar-refractivity contribution in [2.24, 2.45) is 23.3 Å². The van der Waals surface area contributed by atoms with Crippen molar-refractivity contribution < 1.29 is 23.5 Å². The fourth-order valence-electron chi connectivity index (χ4n) is 13.1. The Hall–Kier alpha value is -6.01. The van der Waals surface area contributed by atoms with Gasteiger partial charge in [0.25, 0.3) is 12.3 Å². The number of phenols is 1. The van der Waals surface area contributed by atoms with E-state index in [9.17, 15) is 23.8 Å². The van der Waals surface area contributed by atoms with Crippen molar-refractivity contribution in [1.29, 1.82) is 10.7 Å². The van der Waals surface area contributed by atoms with Crippen LogP contribution in [0.15, 0.2) is 66.1 Å². The Balaban J connectivity index is 0.000000543. The number of nitriles is 1. The molecule has 0 radical (unpaired) electrons. The summed E-state index contributed by atoms with van der Waals surface area (Å²) < 4.78 is 30.9. The van der Waals surface area contributed by atoms with Gasteiger partial charge in [-0.3, -0.25) is 19.7 Å². The van der Waals surface area contributed by atoms with E-state index in [-0.39, 0.29) is 62.3 Å². The lowest BCUT2D eigenvalue weighted by molar-refractivity contribution is -0.128. The number of anilines is 2. The Morgan fingerprint density at radius 2 is 1.70 bits per heavy atom. The first-order chi connectivity index (χ1) is 33.3. The molecule has 2 aromatic heterocycles. The number of halogens is 3. The first-order valence-corrected chi connectivity index (χ1v) is 25.1. The SMILES string of the molecule is CC(=O)N1CCC(NC2CCC3(CC2)CCN(c2ccc4c(n2)CN(C2C(C)(C)CC2(C)C)C4=O)CC3)=C(C(=N)N2CCCc3cc(-c4cnn(C)c4)c(C(F)F)cc32)C1.N#Cc1ccc(O)cc1Cl. The fourth-order valence-corrected chi connectivity index (χ4v) is 13.3. The van der Waals surface area contributed by atoms with Crippen LogP contribution in [0, 0.1) is 33.0 Å². The van der Waals surface area contributed by atoms with E-state index in [0.29, 0.717) is 55.0 Å². The smallest absolute Gasteiger partial charge is 0.264 e. The third kappa shape index (κ3) is 9.48. The van der Waals surface area contributed by atoms with E-state index in [1.165, 1.54) is 18.2 Å². The van der Waals surface area contributed by atoms with Crippen LogP contribution in [0.25, 0.3) is 11.1 Å². The summed E-state index contributed by atoms with van der Waals surface area (Å²) in [6.45, 7) is 14.6. The molecular weight excluding hydrogens is 910 g/mol. The number of benzene rings is 2. The first-order valence-electron chi connectivity index (χ1n) is 24.8. The molecule has 0 bridgehead atoms. The van der Waals surface area contributed by atoms with E-state index in [0.717, 1.165) is 105 Å². The number of phenolic OH excluding ortho intramolecular Hbond substituents is 1. The second kappa shape index (κ2) is 19.0. The van der Waals surface area contributed by atoms with Crippen molar-refractivity contribution in [3.8, 4) is 22.9 Å². The third-order valence-electron chi connectivity index (χ3n) is 16.1. The van der Waals surface area contributed by atoms with Crippen molar-refractivity contribution >= 4 is 40.8 Å². The molecular formula is C54H65ClF2N10O3. The van der Waals surface area contributed by atoms with Gasteiger partial charge in [0.1, 0.15) is 23.5 Å². The van der Waals surface area contributed by atoms with Crippen molar-refractivity contribution in [1.82, 2.24) is 29.9 Å². The zero-order valence-electron chi connectivity index (χ0n) is 41.2. The molecule has 6 aliphatic rings. The molecule has 16 heteroatoms. The highest BCUT2D eigenvalue weighted by Gasteiger charge is 2.58. The molecule has 370 valence electrons. The van der Waals surface area contributed by atoms with Crippen LogP contribution in [0.4, 0.5) is 20.3 Å². The van der Waals surface area contributed by atoms with Gasteiger partial charge in [-0.15, -0.1) is 0 Å². The number of carbonyl (C=O) groups is 2. The Morgan fingerprint density at radius 3 is 2.33 bits per heavy atom. The number of piperidine rings is 1. The number of rotatable bonds is 7. The van der Waals surface area contributed by atoms with Crippen molar-refractivity contribution in [2.45, 2.75) is 124 Å². The number of amides is 2. The van der Waals surface area contributed by atoms with E-state index in [1.807, 2.05) is 23.1 Å². The van der Waals surface area contributed by atoms with Crippen molar-refractivity contribution in [2.75, 3.05) is 42.5 Å². The van der Waals surface area contributed by atoms with Crippen LogP contribution in [-0.2, 0) is 24.8 Å². The molecule has 4 aliphatic heterocycles. The number of nitrogens with one attached hydrogen (secondary N) is 2. The zero-order valence-corrected chi connectivity index (χ0v) is 42.0. The highest BCUT2D eigenvalue weighted by atomic mass is 35.5. The van der Waals surface area contributed by atoms with E-state index in [4.69, 9.17) is 27.0 Å². The van der Waals surface area contributed by atoms with Gasteiger partial charge >= 0.3 is 0 Å². The maximum Gasteiger partial charge on any atom is 0.264 e. The van der Waals surface area contributed by atoms with Gasteiger partial charge in [0.05, 0.1) is 41.1 Å². The number of hydrogen-bond acceptors (Lipinski definition) is 9. The number of alkyl halides is 2. The standard InChI is InChI=1S/C47H61F2N9O2.C7H4ClNO/c1-29(59)56-19-13-37(36(26-56)42(50)57-18-7-8-30-22-34(31-24-51-54(6)25-31)35(41(48)49)23-39(30)57)52-32-11-14-47(15-12-32)16-20-55(21-17-47)40-10-9-33-38(53-40)27-58(43(33)60)44-45(2,3)28-46(44,4)5;8-7-3-6(10)2-1-5(7)4-9/h9-10,22-25,32,41,44,50,52H,7-8,11-21,26-28H2,1-6H3;1-3,10H. The maximum absolute atomic E-state index is 14.6. The minimum absolute atomic E-state index is 0.0299. The van der Waals surface area contributed by atoms with Gasteiger partial charge in [-0.1, -0.05) is 39.3 Å². The normalized spacial score (nSPS) is 20.7. The van der Waals surface area contributed by atoms with Gasteiger partial charge in [0, 0.05) is 92.9 Å². The number of carbonyl (C=O) groups excluding carboxylic acids is 2. The second-order valence-corrected chi connectivity index (χ2v) is 22.3. The van der Waals surface area contributed by atoms with Crippen LogP contribution in [0.2, 0.25) is 5.02 Å². The Labute approximate surface area is 415 Å². The first kappa shape index (κ1) is 49.0. The predicted molar refractivity (Wildman–Crippen MR) is 268 cm³/mol. The average molecular weight is 976 g/mol. The molecule has 0 unspecified atom stereocenters. The summed E-state index contributed by atoms with van der Waals surface area (Å²) in [5.41, 5.74) is 6.99. The molecule has 2 amide bonds. The number of pyridine rings is 1. The number of amidine groups is 1. The van der Waals surface area contributed by atoms with Crippen molar-refractivity contribution in [3.63, 3.8) is 0 Å². The van der Waals surface area contributed by atoms with Crippen LogP contribution >= 0.6 is 11.6 Å². The Kier molecular flexibility index (Phi) is 13.3. The van der Waals surface area contributed by atoms with E-state index in [1.54, 1.807) is 42.0 Å². The summed E-state index contributed by atoms with van der Waals surface area (Å²) in [4.78, 5) is 39.5. The molecule has 6 heterocycles. The monoisotopic (exact) mass is 974 g/mol. The number of fused-ring (bicyclic) bond motifs is 2. The Bertz CT molecular complexity index is 2760. The van der Waals surface area contributed by atoms with Crippen LogP contribution in [0.3, 0.4) is 0 Å². The molecule has 2 aromatic carbocycles. The number of aryl methyl sites for hydroxylation is 2. The van der Waals surface area contributed by atoms with Crippen LogP contribution in [0.1, 0.15) is 132 Å². The van der Waals surface area contributed by atoms with Gasteiger partial charge in [0.15, 0.2) is 0 Å². The zero-order chi connectivity index (χ0) is 49.9. The molecule has 4 aromatic rings. The fraction of sp³-hybridized carbons (Fsp3) is 0.519. The van der Waals surface area contributed by atoms with E-state index < -0.39 is 6.43 Å². The van der Waals surface area contributed by atoms with Gasteiger partial charge < -0.3 is 30.0 Å². The summed E-state index contributed by atoms with van der Waals surface area (Å²) in [5, 5.41) is 35.2. The lowest BCUT2D eigenvalue weighted by Gasteiger charge is -2.60. The minimum atomic E-state index is -2.68.